The highest BCUT2D eigenvalue weighted by molar-refractivity contribution is 5.92. The highest BCUT2D eigenvalue weighted by Crippen LogP contribution is 2.19. The highest BCUT2D eigenvalue weighted by atomic mass is 16.2. The molecular formula is C17H20N4O. The number of para-hydroxylation sites is 1. The molecule has 0 bridgehead atoms. The van der Waals surface area contributed by atoms with Crippen molar-refractivity contribution in [2.24, 2.45) is 0 Å². The average Bonchev–Trinajstić information content (AvgIpc) is 3.03. The molecule has 0 atom stereocenters. The molecule has 5 nitrogen and oxygen atoms in total. The van der Waals surface area contributed by atoms with Gasteiger partial charge in [0.2, 0.25) is 0 Å². The van der Waals surface area contributed by atoms with Gasteiger partial charge < -0.3 is 10.6 Å². The van der Waals surface area contributed by atoms with Crippen molar-refractivity contribution in [3.05, 3.63) is 47.7 Å². The average molecular weight is 296 g/mol. The summed E-state index contributed by atoms with van der Waals surface area (Å²) < 4.78 is 0. The maximum Gasteiger partial charge on any atom is 0.272 e. The molecule has 1 aromatic carbocycles. The van der Waals surface area contributed by atoms with Crippen LogP contribution in [0.5, 0.6) is 0 Å². The summed E-state index contributed by atoms with van der Waals surface area (Å²) in [4.78, 5) is 12.1. The van der Waals surface area contributed by atoms with E-state index in [4.69, 9.17) is 0 Å². The number of aromatic nitrogens is 2. The Bertz CT molecular complexity index is 648. The zero-order chi connectivity index (χ0) is 15.4. The Morgan fingerprint density at radius 3 is 2.55 bits per heavy atom. The predicted molar refractivity (Wildman–Crippen MR) is 86.2 cm³/mol. The molecule has 5 heteroatoms. The van der Waals surface area contributed by atoms with Gasteiger partial charge in [-0.15, -0.1) is 10.2 Å². The lowest BCUT2D eigenvalue weighted by Crippen LogP contribution is -2.33. The van der Waals surface area contributed by atoms with Crippen LogP contribution in [0.4, 0.5) is 11.5 Å². The Morgan fingerprint density at radius 1 is 1.09 bits per heavy atom. The fraction of sp³-hybridized carbons (Fsp3) is 0.353. The van der Waals surface area contributed by atoms with E-state index in [0.29, 0.717) is 17.6 Å². The fourth-order valence-electron chi connectivity index (χ4n) is 2.70. The first-order valence-corrected chi connectivity index (χ1v) is 7.69. The van der Waals surface area contributed by atoms with Crippen molar-refractivity contribution >= 4 is 17.4 Å². The van der Waals surface area contributed by atoms with Crippen LogP contribution in [-0.4, -0.2) is 22.1 Å². The van der Waals surface area contributed by atoms with E-state index in [0.717, 1.165) is 24.1 Å². The summed E-state index contributed by atoms with van der Waals surface area (Å²) in [6.45, 7) is 2.03. The molecule has 2 aromatic rings. The summed E-state index contributed by atoms with van der Waals surface area (Å²) in [5, 5.41) is 14.3. The Morgan fingerprint density at radius 2 is 1.86 bits per heavy atom. The van der Waals surface area contributed by atoms with Gasteiger partial charge in [-0.1, -0.05) is 31.0 Å². The van der Waals surface area contributed by atoms with Crippen LogP contribution in [0.3, 0.4) is 0 Å². The van der Waals surface area contributed by atoms with Gasteiger partial charge in [-0.2, -0.15) is 0 Å². The van der Waals surface area contributed by atoms with E-state index in [9.17, 15) is 4.79 Å². The maximum atomic E-state index is 12.1. The second kappa shape index (κ2) is 6.56. The zero-order valence-corrected chi connectivity index (χ0v) is 12.7. The van der Waals surface area contributed by atoms with Crippen LogP contribution >= 0.6 is 0 Å². The third kappa shape index (κ3) is 3.42. The number of benzene rings is 1. The lowest BCUT2D eigenvalue weighted by molar-refractivity contribution is 0.0932. The molecule has 0 aliphatic heterocycles. The number of rotatable bonds is 4. The van der Waals surface area contributed by atoms with Gasteiger partial charge in [-0.3, -0.25) is 4.79 Å². The summed E-state index contributed by atoms with van der Waals surface area (Å²) >= 11 is 0. The molecule has 1 aromatic heterocycles. The van der Waals surface area contributed by atoms with Crippen LogP contribution in [0.1, 0.15) is 41.7 Å². The van der Waals surface area contributed by atoms with Crippen molar-refractivity contribution in [1.82, 2.24) is 15.5 Å². The molecule has 3 rings (SSSR count). The quantitative estimate of drug-likeness (QED) is 0.909. The number of nitrogens with one attached hydrogen (secondary N) is 2. The number of nitrogens with zero attached hydrogens (tertiary/aromatic N) is 2. The summed E-state index contributed by atoms with van der Waals surface area (Å²) in [6.07, 6.45) is 4.50. The Balaban J connectivity index is 1.64. The van der Waals surface area contributed by atoms with Crippen LogP contribution in [-0.2, 0) is 0 Å². The van der Waals surface area contributed by atoms with Gasteiger partial charge in [0.05, 0.1) is 0 Å². The Kier molecular flexibility index (Phi) is 4.32. The smallest absolute Gasteiger partial charge is 0.272 e. The highest BCUT2D eigenvalue weighted by Gasteiger charge is 2.18. The van der Waals surface area contributed by atoms with E-state index in [1.807, 2.05) is 31.2 Å². The molecule has 2 N–H and O–H groups in total. The van der Waals surface area contributed by atoms with Crippen LogP contribution in [0, 0.1) is 6.92 Å². The van der Waals surface area contributed by atoms with E-state index >= 15 is 0 Å². The van der Waals surface area contributed by atoms with Crippen LogP contribution in [0.25, 0.3) is 0 Å². The van der Waals surface area contributed by atoms with Crippen molar-refractivity contribution < 1.29 is 4.79 Å². The summed E-state index contributed by atoms with van der Waals surface area (Å²) in [6, 6.07) is 11.7. The molecule has 22 heavy (non-hydrogen) atoms. The predicted octanol–water partition coefficient (Wildman–Crippen LogP) is 3.20. The molecule has 114 valence electrons. The molecule has 1 aliphatic rings. The first-order chi connectivity index (χ1) is 10.7. The van der Waals surface area contributed by atoms with E-state index in [1.165, 1.54) is 12.8 Å². The number of anilines is 2. The van der Waals surface area contributed by atoms with Gasteiger partial charge in [-0.25, -0.2) is 0 Å². The number of hydrogen-bond donors (Lipinski definition) is 2. The Hall–Kier alpha value is -2.43. The van der Waals surface area contributed by atoms with Gasteiger partial charge in [0.1, 0.15) is 0 Å². The van der Waals surface area contributed by atoms with E-state index in [2.05, 4.69) is 20.8 Å². The second-order valence-electron chi connectivity index (χ2n) is 5.70. The van der Waals surface area contributed by atoms with Gasteiger partial charge in [-0.05, 0) is 43.5 Å². The summed E-state index contributed by atoms with van der Waals surface area (Å²) in [7, 11) is 0. The number of amides is 1. The topological polar surface area (TPSA) is 66.9 Å². The number of carbonyl (C=O) groups is 1. The second-order valence-corrected chi connectivity index (χ2v) is 5.70. The van der Waals surface area contributed by atoms with Crippen molar-refractivity contribution in [3.8, 4) is 0 Å². The molecule has 1 amide bonds. The molecule has 0 saturated heterocycles. The lowest BCUT2D eigenvalue weighted by atomic mass is 10.2. The summed E-state index contributed by atoms with van der Waals surface area (Å²) in [5.41, 5.74) is 2.48. The number of aryl methyl sites for hydroxylation is 1. The number of carbonyl (C=O) groups excluding carboxylic acids is 1. The van der Waals surface area contributed by atoms with Crippen molar-refractivity contribution in [2.75, 3.05) is 5.32 Å². The maximum absolute atomic E-state index is 12.1. The molecule has 0 unspecified atom stereocenters. The zero-order valence-electron chi connectivity index (χ0n) is 12.7. The van der Waals surface area contributed by atoms with Crippen molar-refractivity contribution in [2.45, 2.75) is 38.6 Å². The first kappa shape index (κ1) is 14.5. The van der Waals surface area contributed by atoms with Crippen LogP contribution in [0.15, 0.2) is 36.4 Å². The van der Waals surface area contributed by atoms with Crippen molar-refractivity contribution in [1.29, 1.82) is 0 Å². The van der Waals surface area contributed by atoms with Gasteiger partial charge in [0.25, 0.3) is 5.91 Å². The van der Waals surface area contributed by atoms with Gasteiger partial charge in [0, 0.05) is 11.7 Å². The molecule has 1 aliphatic carbocycles. The standard InChI is InChI=1S/C17H20N4O/c1-12-6-2-5-9-14(12)19-16-11-10-15(20-21-16)17(22)18-13-7-3-4-8-13/h2,5-6,9-11,13H,3-4,7-8H2,1H3,(H,18,22)(H,19,21). The SMILES string of the molecule is Cc1ccccc1Nc1ccc(C(=O)NC2CCCC2)nn1. The minimum Gasteiger partial charge on any atom is -0.348 e. The third-order valence-electron chi connectivity index (χ3n) is 4.00. The molecular weight excluding hydrogens is 276 g/mol. The van der Waals surface area contributed by atoms with E-state index in [1.54, 1.807) is 12.1 Å². The minimum absolute atomic E-state index is 0.137. The lowest BCUT2D eigenvalue weighted by Gasteiger charge is -2.11. The van der Waals surface area contributed by atoms with E-state index in [-0.39, 0.29) is 5.91 Å². The van der Waals surface area contributed by atoms with Gasteiger partial charge in [0.15, 0.2) is 11.5 Å². The normalized spacial score (nSPS) is 14.8. The molecule has 1 saturated carbocycles. The Labute approximate surface area is 130 Å². The number of hydrogen-bond acceptors (Lipinski definition) is 4. The molecule has 1 fully saturated rings. The largest absolute Gasteiger partial charge is 0.348 e. The third-order valence-corrected chi connectivity index (χ3v) is 4.00. The van der Waals surface area contributed by atoms with Crippen molar-refractivity contribution in [3.63, 3.8) is 0 Å². The van der Waals surface area contributed by atoms with Crippen LogP contribution in [0.2, 0.25) is 0 Å². The molecule has 0 spiro atoms. The fourth-order valence-corrected chi connectivity index (χ4v) is 2.70. The molecule has 1 heterocycles. The van der Waals surface area contributed by atoms with Crippen LogP contribution < -0.4 is 10.6 Å². The minimum atomic E-state index is -0.137. The van der Waals surface area contributed by atoms with Gasteiger partial charge >= 0.3 is 0 Å². The monoisotopic (exact) mass is 296 g/mol. The first-order valence-electron chi connectivity index (χ1n) is 7.69. The molecule has 0 radical (unpaired) electrons. The van der Waals surface area contributed by atoms with E-state index < -0.39 is 0 Å². The summed E-state index contributed by atoms with van der Waals surface area (Å²) in [5.74, 6) is 0.494.